The normalized spacial score (nSPS) is 11.6. The van der Waals surface area contributed by atoms with Gasteiger partial charge in [-0.25, -0.2) is 13.4 Å². The number of hydrogen-bond acceptors (Lipinski definition) is 5. The number of nitrogens with one attached hydrogen (secondary N) is 1. The average molecular weight is 429 g/mol. The first-order valence-electron chi connectivity index (χ1n) is 6.66. The third kappa shape index (κ3) is 3.65. The molecule has 0 aliphatic heterocycles. The van der Waals surface area contributed by atoms with Gasteiger partial charge in [-0.1, -0.05) is 15.9 Å². The van der Waals surface area contributed by atoms with Crippen molar-refractivity contribution in [2.45, 2.75) is 18.7 Å². The number of anilines is 1. The summed E-state index contributed by atoms with van der Waals surface area (Å²) in [5.74, 6) is 0. The average Bonchev–Trinajstić information content (AvgIpc) is 3.07. The number of aromatic nitrogens is 1. The van der Waals surface area contributed by atoms with Gasteiger partial charge >= 0.3 is 0 Å². The highest BCUT2D eigenvalue weighted by atomic mass is 79.9. The van der Waals surface area contributed by atoms with Crippen LogP contribution in [0.3, 0.4) is 0 Å². The topological polar surface area (TPSA) is 59.1 Å². The van der Waals surface area contributed by atoms with Crippen molar-refractivity contribution in [1.82, 2.24) is 4.98 Å². The summed E-state index contributed by atoms with van der Waals surface area (Å²) in [6.07, 6.45) is 0. The van der Waals surface area contributed by atoms with Crippen LogP contribution in [-0.4, -0.2) is 13.4 Å². The number of sulfonamides is 1. The summed E-state index contributed by atoms with van der Waals surface area (Å²) in [5, 5.41) is 2.91. The third-order valence-corrected chi connectivity index (χ3v) is 7.14. The van der Waals surface area contributed by atoms with Crippen LogP contribution in [0.5, 0.6) is 0 Å². The molecule has 4 nitrogen and oxygen atoms in total. The Bertz CT molecular complexity index is 944. The van der Waals surface area contributed by atoms with E-state index in [1.807, 2.05) is 19.2 Å². The molecule has 0 radical (unpaired) electrons. The maximum atomic E-state index is 12.6. The second kappa shape index (κ2) is 6.35. The predicted molar refractivity (Wildman–Crippen MR) is 99.9 cm³/mol. The van der Waals surface area contributed by atoms with Gasteiger partial charge in [0.2, 0.25) is 0 Å². The molecule has 0 spiro atoms. The first kappa shape index (κ1) is 16.6. The Hall–Kier alpha value is -1.22. The zero-order valence-corrected chi connectivity index (χ0v) is 16.4. The summed E-state index contributed by atoms with van der Waals surface area (Å²) in [5.41, 5.74) is 1.36. The molecule has 2 heterocycles. The highest BCUT2D eigenvalue weighted by Gasteiger charge is 2.21. The summed E-state index contributed by atoms with van der Waals surface area (Å²) in [4.78, 5) is 6.33. The van der Waals surface area contributed by atoms with E-state index < -0.39 is 10.0 Å². The molecule has 120 valence electrons. The fourth-order valence-corrected chi connectivity index (χ4v) is 5.63. The largest absolute Gasteiger partial charge is 0.280 e. The van der Waals surface area contributed by atoms with E-state index in [-0.39, 0.29) is 0 Å². The van der Waals surface area contributed by atoms with Crippen molar-refractivity contribution in [3.63, 3.8) is 0 Å². The number of thiazole rings is 1. The van der Waals surface area contributed by atoms with Crippen LogP contribution in [0.25, 0.3) is 10.6 Å². The van der Waals surface area contributed by atoms with Crippen LogP contribution in [0.15, 0.2) is 45.1 Å². The van der Waals surface area contributed by atoms with E-state index in [2.05, 4.69) is 25.6 Å². The van der Waals surface area contributed by atoms with E-state index in [4.69, 9.17) is 0 Å². The summed E-state index contributed by atoms with van der Waals surface area (Å²) < 4.78 is 28.8. The van der Waals surface area contributed by atoms with Gasteiger partial charge in [0.05, 0.1) is 15.6 Å². The SMILES string of the molecule is Cc1nc(-c2cc(S(=O)(=O)Nc3ccc(Br)cc3)c(C)s2)cs1. The summed E-state index contributed by atoms with van der Waals surface area (Å²) in [6, 6.07) is 8.71. The highest BCUT2D eigenvalue weighted by Crippen LogP contribution is 2.34. The van der Waals surface area contributed by atoms with Gasteiger partial charge in [-0.05, 0) is 44.2 Å². The molecule has 0 aliphatic carbocycles. The number of thiophene rings is 1. The molecular formula is C15H13BrN2O2S3. The van der Waals surface area contributed by atoms with Crippen LogP contribution in [0.4, 0.5) is 5.69 Å². The number of benzene rings is 1. The van der Waals surface area contributed by atoms with Crippen LogP contribution in [0, 0.1) is 13.8 Å². The van der Waals surface area contributed by atoms with E-state index in [9.17, 15) is 8.42 Å². The van der Waals surface area contributed by atoms with Crippen molar-refractivity contribution in [2.75, 3.05) is 4.72 Å². The molecule has 23 heavy (non-hydrogen) atoms. The van der Waals surface area contributed by atoms with E-state index in [1.54, 1.807) is 41.7 Å². The molecule has 0 saturated carbocycles. The molecule has 2 aromatic heterocycles. The molecule has 0 bridgehead atoms. The van der Waals surface area contributed by atoms with Gasteiger partial charge in [0.1, 0.15) is 4.90 Å². The Morgan fingerprint density at radius 2 is 1.87 bits per heavy atom. The minimum absolute atomic E-state index is 0.297. The molecule has 0 unspecified atom stereocenters. The van der Waals surface area contributed by atoms with Crippen LogP contribution < -0.4 is 4.72 Å². The quantitative estimate of drug-likeness (QED) is 0.631. The van der Waals surface area contributed by atoms with E-state index in [0.717, 1.165) is 24.9 Å². The maximum Gasteiger partial charge on any atom is 0.263 e. The van der Waals surface area contributed by atoms with E-state index in [1.165, 1.54) is 11.3 Å². The zero-order valence-electron chi connectivity index (χ0n) is 12.3. The maximum absolute atomic E-state index is 12.6. The Morgan fingerprint density at radius 1 is 1.17 bits per heavy atom. The number of nitrogens with zero attached hydrogens (tertiary/aromatic N) is 1. The molecule has 0 amide bonds. The Kier molecular flexibility index (Phi) is 4.59. The zero-order chi connectivity index (χ0) is 16.6. The van der Waals surface area contributed by atoms with Gasteiger partial charge in [0.15, 0.2) is 0 Å². The van der Waals surface area contributed by atoms with E-state index >= 15 is 0 Å². The Labute approximate surface area is 151 Å². The molecule has 0 saturated heterocycles. The molecule has 3 rings (SSSR count). The lowest BCUT2D eigenvalue weighted by atomic mass is 10.3. The van der Waals surface area contributed by atoms with E-state index in [0.29, 0.717) is 10.6 Å². The van der Waals surface area contributed by atoms with Crippen molar-refractivity contribution in [3.05, 3.63) is 50.1 Å². The lowest BCUT2D eigenvalue weighted by molar-refractivity contribution is 0.601. The highest BCUT2D eigenvalue weighted by molar-refractivity contribution is 9.10. The summed E-state index contributed by atoms with van der Waals surface area (Å²) in [6.45, 7) is 3.74. The minimum Gasteiger partial charge on any atom is -0.280 e. The van der Waals surface area contributed by atoms with Crippen molar-refractivity contribution in [1.29, 1.82) is 0 Å². The second-order valence-electron chi connectivity index (χ2n) is 4.90. The predicted octanol–water partition coefficient (Wildman–Crippen LogP) is 5.05. The van der Waals surface area contributed by atoms with Crippen molar-refractivity contribution in [3.8, 4) is 10.6 Å². The number of halogens is 1. The monoisotopic (exact) mass is 428 g/mol. The summed E-state index contributed by atoms with van der Waals surface area (Å²) >= 11 is 6.32. The molecule has 0 fully saturated rings. The number of rotatable bonds is 4. The number of hydrogen-bond donors (Lipinski definition) is 1. The lowest BCUT2D eigenvalue weighted by Crippen LogP contribution is -2.12. The molecular weight excluding hydrogens is 416 g/mol. The standard InChI is InChI=1S/C15H13BrN2O2S3/c1-9-15(7-14(22-9)13-8-21-10(2)17-13)23(19,20)18-12-5-3-11(16)4-6-12/h3-8,18H,1-2H3. The smallest absolute Gasteiger partial charge is 0.263 e. The number of aryl methyl sites for hydroxylation is 2. The van der Waals surface area contributed by atoms with Gasteiger partial charge in [-0.15, -0.1) is 22.7 Å². The second-order valence-corrected chi connectivity index (χ2v) is 9.78. The molecule has 1 aromatic carbocycles. The molecule has 0 atom stereocenters. The lowest BCUT2D eigenvalue weighted by Gasteiger charge is -2.07. The van der Waals surface area contributed by atoms with Crippen molar-refractivity contribution >= 4 is 54.3 Å². The fraction of sp³-hybridized carbons (Fsp3) is 0.133. The molecule has 3 aromatic rings. The van der Waals surface area contributed by atoms with Crippen LogP contribution in [0.1, 0.15) is 9.88 Å². The molecule has 0 aliphatic rings. The molecule has 8 heteroatoms. The van der Waals surface area contributed by atoms with Crippen molar-refractivity contribution in [2.24, 2.45) is 0 Å². The molecule has 1 N–H and O–H groups in total. The van der Waals surface area contributed by atoms with Gasteiger partial charge in [-0.2, -0.15) is 0 Å². The van der Waals surface area contributed by atoms with Crippen LogP contribution in [0.2, 0.25) is 0 Å². The van der Waals surface area contributed by atoms with Gasteiger partial charge < -0.3 is 0 Å². The minimum atomic E-state index is -3.62. The first-order chi connectivity index (χ1) is 10.8. The van der Waals surface area contributed by atoms with Gasteiger partial charge in [0, 0.05) is 20.4 Å². The Balaban J connectivity index is 1.94. The van der Waals surface area contributed by atoms with Crippen molar-refractivity contribution < 1.29 is 8.42 Å². The van der Waals surface area contributed by atoms with Crippen LogP contribution in [-0.2, 0) is 10.0 Å². The fourth-order valence-electron chi connectivity index (χ4n) is 2.06. The summed E-state index contributed by atoms with van der Waals surface area (Å²) in [7, 11) is -3.62. The Morgan fingerprint density at radius 3 is 2.48 bits per heavy atom. The van der Waals surface area contributed by atoms with Crippen LogP contribution >= 0.6 is 38.6 Å². The van der Waals surface area contributed by atoms with Gasteiger partial charge in [0.25, 0.3) is 10.0 Å². The van der Waals surface area contributed by atoms with Gasteiger partial charge in [-0.3, -0.25) is 4.72 Å². The first-order valence-corrected chi connectivity index (χ1v) is 10.6. The third-order valence-electron chi connectivity index (χ3n) is 3.13.